The van der Waals surface area contributed by atoms with Crippen LogP contribution in [0.25, 0.3) is 0 Å². The van der Waals surface area contributed by atoms with E-state index in [2.05, 4.69) is 0 Å². The number of halogens is 2. The second-order valence-electron chi connectivity index (χ2n) is 2.75. The first-order valence-electron chi connectivity index (χ1n) is 4.32. The van der Waals surface area contributed by atoms with Gasteiger partial charge in [-0.1, -0.05) is 12.2 Å². The van der Waals surface area contributed by atoms with E-state index in [0.29, 0.717) is 6.07 Å². The number of allylic oxidation sites excluding steroid dienone is 1. The highest BCUT2D eigenvalue weighted by molar-refractivity contribution is 5.44. The van der Waals surface area contributed by atoms with Crippen LogP contribution in [0.5, 0.6) is 5.75 Å². The van der Waals surface area contributed by atoms with Crippen LogP contribution in [-0.4, -0.2) is 6.61 Å². The summed E-state index contributed by atoms with van der Waals surface area (Å²) >= 11 is 0. The monoisotopic (exact) mass is 209 g/mol. The van der Waals surface area contributed by atoms with Crippen molar-refractivity contribution < 1.29 is 13.5 Å². The summed E-state index contributed by atoms with van der Waals surface area (Å²) in [6.45, 7) is 1.97. The molecule has 0 aromatic heterocycles. The molecule has 0 unspecified atom stereocenters. The van der Waals surface area contributed by atoms with Crippen molar-refractivity contribution >= 4 is 0 Å². The Balaban J connectivity index is 3.00. The summed E-state index contributed by atoms with van der Waals surface area (Å²) in [5.41, 5.74) is -0.277. The number of benzene rings is 1. The second kappa shape index (κ2) is 5.11. The van der Waals surface area contributed by atoms with Gasteiger partial charge in [0.2, 0.25) is 0 Å². The summed E-state index contributed by atoms with van der Waals surface area (Å²) in [5.74, 6) is -1.75. The molecule has 0 aliphatic heterocycles. The van der Waals surface area contributed by atoms with Crippen LogP contribution in [0.4, 0.5) is 8.78 Å². The quantitative estimate of drug-likeness (QED) is 0.717. The summed E-state index contributed by atoms with van der Waals surface area (Å²) in [4.78, 5) is 0. The van der Waals surface area contributed by atoms with Gasteiger partial charge in [-0.15, -0.1) is 0 Å². The highest BCUT2D eigenvalue weighted by Gasteiger charge is 2.11. The molecular weight excluding hydrogens is 200 g/mol. The van der Waals surface area contributed by atoms with E-state index in [9.17, 15) is 8.78 Å². The third-order valence-electron chi connectivity index (χ3n) is 1.70. The molecule has 4 heteroatoms. The number of rotatable bonds is 3. The third-order valence-corrected chi connectivity index (χ3v) is 1.70. The zero-order chi connectivity index (χ0) is 11.3. The fourth-order valence-electron chi connectivity index (χ4n) is 1.01. The number of nitriles is 1. The van der Waals surface area contributed by atoms with E-state index in [1.54, 1.807) is 25.1 Å². The molecule has 0 saturated heterocycles. The minimum absolute atomic E-state index is 0.0758. The molecule has 2 nitrogen and oxygen atoms in total. The van der Waals surface area contributed by atoms with Crippen molar-refractivity contribution in [3.63, 3.8) is 0 Å². The van der Waals surface area contributed by atoms with E-state index in [1.807, 2.05) is 0 Å². The minimum atomic E-state index is -0.909. The maximum absolute atomic E-state index is 13.1. The maximum atomic E-state index is 13.1. The zero-order valence-electron chi connectivity index (χ0n) is 8.13. The van der Waals surface area contributed by atoms with Gasteiger partial charge in [0.05, 0.1) is 0 Å². The normalized spacial score (nSPS) is 10.3. The molecular formula is C11H9F2NO. The summed E-state index contributed by atoms with van der Waals surface area (Å²) in [7, 11) is 0. The van der Waals surface area contributed by atoms with Gasteiger partial charge < -0.3 is 4.74 Å². The Morgan fingerprint density at radius 3 is 2.80 bits per heavy atom. The van der Waals surface area contributed by atoms with Gasteiger partial charge in [0.15, 0.2) is 0 Å². The van der Waals surface area contributed by atoms with Crippen LogP contribution in [0.1, 0.15) is 12.5 Å². The molecule has 0 aliphatic rings. The highest BCUT2D eigenvalue weighted by Crippen LogP contribution is 2.22. The van der Waals surface area contributed by atoms with Crippen LogP contribution in [0, 0.1) is 23.0 Å². The largest absolute Gasteiger partial charge is 0.488 e. The summed E-state index contributed by atoms with van der Waals surface area (Å²) in [6, 6.07) is 3.27. The Morgan fingerprint density at radius 2 is 2.20 bits per heavy atom. The van der Waals surface area contributed by atoms with Crippen LogP contribution >= 0.6 is 0 Å². The van der Waals surface area contributed by atoms with Crippen LogP contribution in [0.3, 0.4) is 0 Å². The summed E-state index contributed by atoms with van der Waals surface area (Å²) in [6.07, 6.45) is 3.41. The fraction of sp³-hybridized carbons (Fsp3) is 0.182. The van der Waals surface area contributed by atoms with E-state index >= 15 is 0 Å². The lowest BCUT2D eigenvalue weighted by Gasteiger charge is -2.05. The lowest BCUT2D eigenvalue weighted by atomic mass is 10.2. The minimum Gasteiger partial charge on any atom is -0.488 e. The number of hydrogen-bond acceptors (Lipinski definition) is 2. The van der Waals surface area contributed by atoms with Gasteiger partial charge in [-0.3, -0.25) is 0 Å². The number of hydrogen-bond donors (Lipinski definition) is 0. The van der Waals surface area contributed by atoms with Gasteiger partial charge in [-0.05, 0) is 6.92 Å². The molecule has 0 N–H and O–H groups in total. The average Bonchev–Trinajstić information content (AvgIpc) is 2.17. The highest BCUT2D eigenvalue weighted by atomic mass is 19.1. The molecule has 0 radical (unpaired) electrons. The topological polar surface area (TPSA) is 33.0 Å². The van der Waals surface area contributed by atoms with E-state index < -0.39 is 11.6 Å². The Morgan fingerprint density at radius 1 is 1.47 bits per heavy atom. The van der Waals surface area contributed by atoms with E-state index in [0.717, 1.165) is 6.07 Å². The van der Waals surface area contributed by atoms with Gasteiger partial charge in [0.1, 0.15) is 35.6 Å². The SMILES string of the molecule is C/C=C/COc1cc(F)cc(F)c1C#N. The van der Waals surface area contributed by atoms with E-state index in [4.69, 9.17) is 10.00 Å². The predicted molar refractivity (Wildman–Crippen MR) is 51.4 cm³/mol. The fourth-order valence-corrected chi connectivity index (χ4v) is 1.01. The summed E-state index contributed by atoms with van der Waals surface area (Å²) < 4.78 is 30.9. The van der Waals surface area contributed by atoms with Gasteiger partial charge in [-0.25, -0.2) is 8.78 Å². The lowest BCUT2D eigenvalue weighted by molar-refractivity contribution is 0.356. The molecule has 0 bridgehead atoms. The molecule has 0 saturated carbocycles. The Kier molecular flexibility index (Phi) is 3.81. The molecule has 1 rings (SSSR count). The first-order valence-corrected chi connectivity index (χ1v) is 4.32. The third kappa shape index (κ3) is 2.78. The first-order chi connectivity index (χ1) is 7.19. The van der Waals surface area contributed by atoms with Crippen molar-refractivity contribution in [2.24, 2.45) is 0 Å². The maximum Gasteiger partial charge on any atom is 0.147 e. The van der Waals surface area contributed by atoms with Gasteiger partial charge >= 0.3 is 0 Å². The standard InChI is InChI=1S/C11H9F2NO/c1-2-3-4-15-11-6-8(12)5-10(13)9(11)7-14/h2-3,5-6H,4H2,1H3/b3-2+. The first kappa shape index (κ1) is 11.2. The van der Waals surface area contributed by atoms with Crippen molar-refractivity contribution in [1.82, 2.24) is 0 Å². The van der Waals surface area contributed by atoms with Crippen LogP contribution in [0.15, 0.2) is 24.3 Å². The Labute approximate surface area is 86.4 Å². The molecule has 0 amide bonds. The zero-order valence-corrected chi connectivity index (χ0v) is 8.13. The van der Waals surface area contributed by atoms with Crippen molar-refractivity contribution in [2.75, 3.05) is 6.61 Å². The second-order valence-corrected chi connectivity index (χ2v) is 2.75. The molecule has 0 spiro atoms. The number of nitrogens with zero attached hydrogens (tertiary/aromatic N) is 1. The Hall–Kier alpha value is -1.89. The van der Waals surface area contributed by atoms with Crippen molar-refractivity contribution in [3.05, 3.63) is 41.5 Å². The molecule has 0 atom stereocenters. The Bertz CT molecular complexity index is 421. The van der Waals surface area contributed by atoms with Crippen molar-refractivity contribution in [3.8, 4) is 11.8 Å². The van der Waals surface area contributed by atoms with Gasteiger partial charge in [0.25, 0.3) is 0 Å². The average molecular weight is 209 g/mol. The molecule has 0 heterocycles. The number of ether oxygens (including phenoxy) is 1. The molecule has 1 aromatic carbocycles. The van der Waals surface area contributed by atoms with Crippen LogP contribution in [0.2, 0.25) is 0 Å². The molecule has 78 valence electrons. The van der Waals surface area contributed by atoms with Crippen LogP contribution in [-0.2, 0) is 0 Å². The molecule has 0 fully saturated rings. The van der Waals surface area contributed by atoms with Gasteiger partial charge in [0, 0.05) is 12.1 Å². The van der Waals surface area contributed by atoms with Gasteiger partial charge in [-0.2, -0.15) is 5.26 Å². The molecule has 15 heavy (non-hydrogen) atoms. The lowest BCUT2D eigenvalue weighted by Crippen LogP contribution is -1.98. The summed E-state index contributed by atoms with van der Waals surface area (Å²) in [5, 5.41) is 8.64. The van der Waals surface area contributed by atoms with E-state index in [-0.39, 0.29) is 17.9 Å². The molecule has 1 aromatic rings. The smallest absolute Gasteiger partial charge is 0.147 e. The van der Waals surface area contributed by atoms with Crippen molar-refractivity contribution in [1.29, 1.82) is 5.26 Å². The predicted octanol–water partition coefficient (Wildman–Crippen LogP) is 2.79. The van der Waals surface area contributed by atoms with E-state index in [1.165, 1.54) is 0 Å². The van der Waals surface area contributed by atoms with Crippen molar-refractivity contribution in [2.45, 2.75) is 6.92 Å². The van der Waals surface area contributed by atoms with Crippen LogP contribution < -0.4 is 4.74 Å². The molecule has 0 aliphatic carbocycles.